The van der Waals surface area contributed by atoms with Crippen LogP contribution in [0.15, 0.2) is 5.38 Å². The van der Waals surface area contributed by atoms with Gasteiger partial charge in [0.05, 0.1) is 5.69 Å². The Kier molecular flexibility index (Phi) is 3.65. The molecule has 0 aliphatic carbocycles. The van der Waals surface area contributed by atoms with Crippen LogP contribution in [0, 0.1) is 0 Å². The van der Waals surface area contributed by atoms with Crippen molar-refractivity contribution in [1.29, 1.82) is 0 Å². The van der Waals surface area contributed by atoms with Gasteiger partial charge in [-0.15, -0.1) is 11.3 Å². The molecule has 0 fully saturated rings. The van der Waals surface area contributed by atoms with E-state index >= 15 is 0 Å². The minimum atomic E-state index is -0.583. The highest BCUT2D eigenvalue weighted by Gasteiger charge is 2.09. The number of aryl methyl sites for hydroxylation is 1. The minimum Gasteiger partial charge on any atom is -0.385 e. The van der Waals surface area contributed by atoms with Crippen LogP contribution in [0.25, 0.3) is 0 Å². The second kappa shape index (κ2) is 4.54. The summed E-state index contributed by atoms with van der Waals surface area (Å²) in [7, 11) is 0. The fourth-order valence-corrected chi connectivity index (χ4v) is 1.80. The molecule has 0 aromatic carbocycles. The molecule has 0 saturated carbocycles. The Morgan fingerprint density at radius 2 is 2.50 bits per heavy atom. The average molecular weight is 186 g/mol. The van der Waals surface area contributed by atoms with E-state index in [0.717, 1.165) is 23.5 Å². The van der Waals surface area contributed by atoms with Crippen molar-refractivity contribution in [3.63, 3.8) is 0 Å². The predicted octanol–water partition coefficient (Wildman–Crippen LogP) is 1.09. The van der Waals surface area contributed by atoms with Crippen molar-refractivity contribution in [3.05, 3.63) is 16.1 Å². The fraction of sp³-hybridized carbons (Fsp3) is 0.625. The van der Waals surface area contributed by atoms with Crippen LogP contribution in [0.5, 0.6) is 0 Å². The number of hydrogen-bond donors (Lipinski definition) is 2. The standard InChI is InChI=1S/C8H14N2OS/c1-2-3-6-5-12-8(10-6)7(11)4-9/h5,7,11H,2-4,9H2,1H3. The number of aliphatic hydroxyl groups is 1. The third-order valence-corrected chi connectivity index (χ3v) is 2.58. The first-order valence-corrected chi connectivity index (χ1v) is 4.98. The Balaban J connectivity index is 2.63. The van der Waals surface area contributed by atoms with Crippen LogP contribution >= 0.6 is 11.3 Å². The maximum Gasteiger partial charge on any atom is 0.123 e. The molecule has 68 valence electrons. The summed E-state index contributed by atoms with van der Waals surface area (Å²) in [6, 6.07) is 0. The van der Waals surface area contributed by atoms with Crippen molar-refractivity contribution in [2.24, 2.45) is 5.73 Å². The number of hydrogen-bond acceptors (Lipinski definition) is 4. The van der Waals surface area contributed by atoms with Gasteiger partial charge >= 0.3 is 0 Å². The smallest absolute Gasteiger partial charge is 0.123 e. The van der Waals surface area contributed by atoms with Gasteiger partial charge in [-0.05, 0) is 6.42 Å². The average Bonchev–Trinajstić information content (AvgIpc) is 2.52. The first-order valence-electron chi connectivity index (χ1n) is 4.10. The van der Waals surface area contributed by atoms with E-state index in [4.69, 9.17) is 5.73 Å². The molecule has 3 N–H and O–H groups in total. The Labute approximate surface area is 76.3 Å². The monoisotopic (exact) mass is 186 g/mol. The van der Waals surface area contributed by atoms with Crippen molar-refractivity contribution in [2.75, 3.05) is 6.54 Å². The van der Waals surface area contributed by atoms with Gasteiger partial charge in [0.15, 0.2) is 0 Å². The summed E-state index contributed by atoms with van der Waals surface area (Å²) in [6.45, 7) is 2.36. The Morgan fingerprint density at radius 1 is 1.75 bits per heavy atom. The van der Waals surface area contributed by atoms with Crippen molar-refractivity contribution >= 4 is 11.3 Å². The Hall–Kier alpha value is -0.450. The van der Waals surface area contributed by atoms with Crippen LogP contribution in [0.1, 0.15) is 30.2 Å². The molecule has 1 unspecified atom stereocenters. The number of aromatic nitrogens is 1. The van der Waals surface area contributed by atoms with Crippen LogP contribution in [0.4, 0.5) is 0 Å². The van der Waals surface area contributed by atoms with Gasteiger partial charge in [-0.25, -0.2) is 4.98 Å². The zero-order chi connectivity index (χ0) is 8.97. The largest absolute Gasteiger partial charge is 0.385 e. The number of aliphatic hydroxyl groups excluding tert-OH is 1. The molecule has 0 amide bonds. The maximum absolute atomic E-state index is 9.33. The summed E-state index contributed by atoms with van der Waals surface area (Å²) in [5, 5.41) is 12.1. The topological polar surface area (TPSA) is 59.1 Å². The van der Waals surface area contributed by atoms with E-state index in [0.29, 0.717) is 0 Å². The molecule has 0 spiro atoms. The molecule has 0 radical (unpaired) electrons. The first-order chi connectivity index (χ1) is 5.77. The second-order valence-corrected chi connectivity index (χ2v) is 3.57. The summed E-state index contributed by atoms with van der Waals surface area (Å²) < 4.78 is 0. The molecule has 4 heteroatoms. The third kappa shape index (κ3) is 2.27. The molecule has 1 aromatic rings. The van der Waals surface area contributed by atoms with Crippen LogP contribution in [0.2, 0.25) is 0 Å². The van der Waals surface area contributed by atoms with E-state index in [1.54, 1.807) is 0 Å². The van der Waals surface area contributed by atoms with Crippen LogP contribution in [-0.2, 0) is 6.42 Å². The van der Waals surface area contributed by atoms with E-state index in [2.05, 4.69) is 11.9 Å². The number of nitrogens with two attached hydrogens (primary N) is 1. The van der Waals surface area contributed by atoms with Crippen LogP contribution < -0.4 is 5.73 Å². The normalized spacial score (nSPS) is 13.2. The van der Waals surface area contributed by atoms with Crippen molar-refractivity contribution in [2.45, 2.75) is 25.9 Å². The number of thiazole rings is 1. The molecule has 1 heterocycles. The van der Waals surface area contributed by atoms with Gasteiger partial charge in [-0.3, -0.25) is 0 Å². The molecule has 1 rings (SSSR count). The zero-order valence-corrected chi connectivity index (χ0v) is 7.97. The van der Waals surface area contributed by atoms with Gasteiger partial charge in [0.25, 0.3) is 0 Å². The van der Waals surface area contributed by atoms with Crippen molar-refractivity contribution < 1.29 is 5.11 Å². The minimum absolute atomic E-state index is 0.249. The highest BCUT2D eigenvalue weighted by atomic mass is 32.1. The Bertz CT molecular complexity index is 237. The lowest BCUT2D eigenvalue weighted by Gasteiger charge is -2.00. The lowest BCUT2D eigenvalue weighted by atomic mass is 10.3. The van der Waals surface area contributed by atoms with Gasteiger partial charge in [0.2, 0.25) is 0 Å². The predicted molar refractivity (Wildman–Crippen MR) is 50.1 cm³/mol. The van der Waals surface area contributed by atoms with E-state index in [-0.39, 0.29) is 6.54 Å². The molecule has 0 aliphatic heterocycles. The molecular weight excluding hydrogens is 172 g/mol. The maximum atomic E-state index is 9.33. The van der Waals surface area contributed by atoms with E-state index in [1.807, 2.05) is 5.38 Å². The molecule has 1 atom stereocenters. The van der Waals surface area contributed by atoms with Crippen molar-refractivity contribution in [3.8, 4) is 0 Å². The lowest BCUT2D eigenvalue weighted by molar-refractivity contribution is 0.186. The van der Waals surface area contributed by atoms with Gasteiger partial charge in [-0.2, -0.15) is 0 Å². The summed E-state index contributed by atoms with van der Waals surface area (Å²) in [6.07, 6.45) is 1.48. The quantitative estimate of drug-likeness (QED) is 0.740. The number of rotatable bonds is 4. The summed E-state index contributed by atoms with van der Waals surface area (Å²) in [5.41, 5.74) is 6.36. The van der Waals surface area contributed by atoms with E-state index in [1.165, 1.54) is 11.3 Å². The SMILES string of the molecule is CCCc1csc(C(O)CN)n1. The lowest BCUT2D eigenvalue weighted by Crippen LogP contribution is -2.11. The molecular formula is C8H14N2OS. The molecule has 12 heavy (non-hydrogen) atoms. The second-order valence-electron chi connectivity index (χ2n) is 2.68. The highest BCUT2D eigenvalue weighted by Crippen LogP contribution is 2.17. The van der Waals surface area contributed by atoms with Gasteiger partial charge < -0.3 is 10.8 Å². The van der Waals surface area contributed by atoms with Crippen molar-refractivity contribution in [1.82, 2.24) is 4.98 Å². The van der Waals surface area contributed by atoms with E-state index in [9.17, 15) is 5.11 Å². The zero-order valence-electron chi connectivity index (χ0n) is 7.16. The van der Waals surface area contributed by atoms with Gasteiger partial charge in [0, 0.05) is 11.9 Å². The molecule has 3 nitrogen and oxygen atoms in total. The van der Waals surface area contributed by atoms with Crippen LogP contribution in [0.3, 0.4) is 0 Å². The first kappa shape index (κ1) is 9.64. The highest BCUT2D eigenvalue weighted by molar-refractivity contribution is 7.09. The van der Waals surface area contributed by atoms with Gasteiger partial charge in [-0.1, -0.05) is 13.3 Å². The molecule has 0 saturated heterocycles. The van der Waals surface area contributed by atoms with E-state index < -0.39 is 6.10 Å². The Morgan fingerprint density at radius 3 is 3.08 bits per heavy atom. The molecule has 0 aliphatic rings. The third-order valence-electron chi connectivity index (χ3n) is 1.58. The summed E-state index contributed by atoms with van der Waals surface area (Å²) in [5.74, 6) is 0. The summed E-state index contributed by atoms with van der Waals surface area (Å²) >= 11 is 1.48. The molecule has 0 bridgehead atoms. The molecule has 1 aromatic heterocycles. The summed E-state index contributed by atoms with van der Waals surface area (Å²) in [4.78, 5) is 4.26. The van der Waals surface area contributed by atoms with Gasteiger partial charge in [0.1, 0.15) is 11.1 Å². The number of nitrogens with zero attached hydrogens (tertiary/aromatic N) is 1. The fourth-order valence-electron chi connectivity index (χ4n) is 0.947. The van der Waals surface area contributed by atoms with Crippen LogP contribution in [-0.4, -0.2) is 16.6 Å².